The van der Waals surface area contributed by atoms with Crippen molar-refractivity contribution in [3.05, 3.63) is 53.6 Å². The molecule has 0 unspecified atom stereocenters. The fraction of sp³-hybridized carbons (Fsp3) is 0.235. The second-order valence-electron chi connectivity index (χ2n) is 4.68. The summed E-state index contributed by atoms with van der Waals surface area (Å²) < 4.78 is 5.87. The van der Waals surface area contributed by atoms with Crippen molar-refractivity contribution in [2.75, 3.05) is 12.3 Å². The number of amides is 1. The third-order valence-corrected chi connectivity index (χ3v) is 3.18. The highest BCUT2D eigenvalue weighted by atomic mass is 16.5. The summed E-state index contributed by atoms with van der Waals surface area (Å²) in [7, 11) is 0. The minimum atomic E-state index is -0.135. The molecule has 4 heteroatoms. The average molecular weight is 284 g/mol. The van der Waals surface area contributed by atoms with Crippen molar-refractivity contribution < 1.29 is 9.53 Å². The molecule has 2 rings (SSSR count). The number of nitrogens with two attached hydrogens (primary N) is 1. The Morgan fingerprint density at radius 2 is 1.90 bits per heavy atom. The average Bonchev–Trinajstić information content (AvgIpc) is 2.50. The first-order valence-corrected chi connectivity index (χ1v) is 7.09. The van der Waals surface area contributed by atoms with E-state index in [-0.39, 0.29) is 5.91 Å². The van der Waals surface area contributed by atoms with Crippen LogP contribution in [0.2, 0.25) is 0 Å². The van der Waals surface area contributed by atoms with Gasteiger partial charge in [0.1, 0.15) is 11.5 Å². The number of ether oxygens (including phenoxy) is 1. The van der Waals surface area contributed by atoms with Crippen LogP contribution < -0.4 is 15.8 Å². The first-order valence-electron chi connectivity index (χ1n) is 7.09. The van der Waals surface area contributed by atoms with Gasteiger partial charge in [0.15, 0.2) is 0 Å². The monoisotopic (exact) mass is 284 g/mol. The lowest BCUT2D eigenvalue weighted by Crippen LogP contribution is -2.22. The van der Waals surface area contributed by atoms with E-state index in [1.165, 1.54) is 0 Å². The normalized spacial score (nSPS) is 10.2. The van der Waals surface area contributed by atoms with Crippen molar-refractivity contribution in [3.8, 4) is 11.5 Å². The van der Waals surface area contributed by atoms with Crippen molar-refractivity contribution in [3.63, 3.8) is 0 Å². The topological polar surface area (TPSA) is 64.3 Å². The Bertz CT molecular complexity index is 638. The van der Waals surface area contributed by atoms with E-state index in [0.717, 1.165) is 17.7 Å². The van der Waals surface area contributed by atoms with Crippen LogP contribution >= 0.6 is 0 Å². The van der Waals surface area contributed by atoms with Crippen LogP contribution in [0.4, 0.5) is 5.69 Å². The van der Waals surface area contributed by atoms with Crippen molar-refractivity contribution in [2.24, 2.45) is 0 Å². The first-order chi connectivity index (χ1) is 10.2. The molecule has 0 fully saturated rings. The molecule has 21 heavy (non-hydrogen) atoms. The lowest BCUT2D eigenvalue weighted by molar-refractivity contribution is 0.0956. The predicted octanol–water partition coefficient (Wildman–Crippen LogP) is 3.37. The second kappa shape index (κ2) is 6.79. The van der Waals surface area contributed by atoms with Gasteiger partial charge in [-0.15, -0.1) is 0 Å². The van der Waals surface area contributed by atoms with Gasteiger partial charge in [0, 0.05) is 12.1 Å². The summed E-state index contributed by atoms with van der Waals surface area (Å²) in [5.74, 6) is 1.21. The fourth-order valence-electron chi connectivity index (χ4n) is 2.06. The minimum absolute atomic E-state index is 0.135. The van der Waals surface area contributed by atoms with Crippen LogP contribution in [-0.4, -0.2) is 12.5 Å². The number of nitrogen functional groups attached to an aromatic ring is 1. The summed E-state index contributed by atoms with van der Waals surface area (Å²) >= 11 is 0. The van der Waals surface area contributed by atoms with Gasteiger partial charge in [0.05, 0.1) is 5.69 Å². The van der Waals surface area contributed by atoms with Gasteiger partial charge >= 0.3 is 0 Å². The lowest BCUT2D eigenvalue weighted by Gasteiger charge is -2.12. The summed E-state index contributed by atoms with van der Waals surface area (Å²) in [6.07, 6.45) is 0.882. The number of carbonyl (C=O) groups excluding carboxylic acids is 1. The third kappa shape index (κ3) is 3.54. The summed E-state index contributed by atoms with van der Waals surface area (Å²) in [5.41, 5.74) is 8.09. The second-order valence-corrected chi connectivity index (χ2v) is 4.68. The zero-order chi connectivity index (χ0) is 15.2. The zero-order valence-corrected chi connectivity index (χ0v) is 12.3. The Hall–Kier alpha value is -2.49. The highest BCUT2D eigenvalue weighted by Gasteiger charge is 2.10. The number of para-hydroxylation sites is 1. The molecule has 110 valence electrons. The molecule has 0 aromatic heterocycles. The first kappa shape index (κ1) is 14.9. The molecule has 0 heterocycles. The number of anilines is 1. The summed E-state index contributed by atoms with van der Waals surface area (Å²) in [6, 6.07) is 12.9. The van der Waals surface area contributed by atoms with E-state index >= 15 is 0 Å². The predicted molar refractivity (Wildman–Crippen MR) is 84.8 cm³/mol. The molecule has 1 amide bonds. The highest BCUT2D eigenvalue weighted by Crippen LogP contribution is 2.30. The number of hydrogen-bond acceptors (Lipinski definition) is 3. The number of benzene rings is 2. The number of hydrogen-bond donors (Lipinski definition) is 2. The van der Waals surface area contributed by atoms with Gasteiger partial charge in [-0.1, -0.05) is 25.1 Å². The van der Waals surface area contributed by atoms with Crippen LogP contribution in [0.3, 0.4) is 0 Å². The summed E-state index contributed by atoms with van der Waals surface area (Å²) in [4.78, 5) is 11.8. The molecule has 2 aromatic rings. The Labute approximate surface area is 124 Å². The Kier molecular flexibility index (Phi) is 4.82. The van der Waals surface area contributed by atoms with Gasteiger partial charge in [-0.05, 0) is 43.2 Å². The molecule has 3 N–H and O–H groups in total. The Balaban J connectivity index is 2.23. The van der Waals surface area contributed by atoms with Gasteiger partial charge in [0.2, 0.25) is 0 Å². The molecule has 0 aliphatic carbocycles. The number of rotatable bonds is 5. The Morgan fingerprint density at radius 3 is 2.57 bits per heavy atom. The standard InChI is InChI=1S/C17H20N2O2/c1-3-12-7-5-6-8-15(12)21-16-10-9-13(11-14(16)18)17(20)19-4-2/h5-11H,3-4,18H2,1-2H3,(H,19,20). The van der Waals surface area contributed by atoms with E-state index in [9.17, 15) is 4.79 Å². The van der Waals surface area contributed by atoms with Gasteiger partial charge < -0.3 is 15.8 Å². The zero-order valence-electron chi connectivity index (χ0n) is 12.3. The number of aryl methyl sites for hydroxylation is 1. The van der Waals surface area contributed by atoms with Crippen LogP contribution in [0.5, 0.6) is 11.5 Å². The van der Waals surface area contributed by atoms with Crippen molar-refractivity contribution in [2.45, 2.75) is 20.3 Å². The van der Waals surface area contributed by atoms with Crippen LogP contribution in [-0.2, 0) is 6.42 Å². The highest BCUT2D eigenvalue weighted by molar-refractivity contribution is 5.95. The van der Waals surface area contributed by atoms with Gasteiger partial charge in [0.25, 0.3) is 5.91 Å². The van der Waals surface area contributed by atoms with Crippen LogP contribution in [0.1, 0.15) is 29.8 Å². The maximum Gasteiger partial charge on any atom is 0.251 e. The molecule has 0 radical (unpaired) electrons. The maximum atomic E-state index is 11.8. The third-order valence-electron chi connectivity index (χ3n) is 3.18. The van der Waals surface area contributed by atoms with E-state index in [0.29, 0.717) is 23.5 Å². The fourth-order valence-corrected chi connectivity index (χ4v) is 2.06. The molecule has 0 saturated heterocycles. The van der Waals surface area contributed by atoms with E-state index in [2.05, 4.69) is 12.2 Å². The molecule has 0 aliphatic heterocycles. The smallest absolute Gasteiger partial charge is 0.251 e. The van der Waals surface area contributed by atoms with E-state index in [4.69, 9.17) is 10.5 Å². The van der Waals surface area contributed by atoms with E-state index in [1.54, 1.807) is 18.2 Å². The van der Waals surface area contributed by atoms with Crippen LogP contribution in [0.25, 0.3) is 0 Å². The molecule has 0 bridgehead atoms. The summed E-state index contributed by atoms with van der Waals surface area (Å²) in [5, 5.41) is 2.74. The molecular formula is C17H20N2O2. The van der Waals surface area contributed by atoms with Crippen LogP contribution in [0.15, 0.2) is 42.5 Å². The molecular weight excluding hydrogens is 264 g/mol. The van der Waals surface area contributed by atoms with Gasteiger partial charge in [-0.3, -0.25) is 4.79 Å². The molecule has 0 saturated carbocycles. The van der Waals surface area contributed by atoms with Crippen molar-refractivity contribution >= 4 is 11.6 Å². The lowest BCUT2D eigenvalue weighted by atomic mass is 10.1. The largest absolute Gasteiger partial charge is 0.455 e. The SMILES string of the molecule is CCNC(=O)c1ccc(Oc2ccccc2CC)c(N)c1. The molecule has 0 spiro atoms. The molecule has 0 atom stereocenters. The molecule has 0 aliphatic rings. The minimum Gasteiger partial charge on any atom is -0.455 e. The maximum absolute atomic E-state index is 11.8. The molecule has 2 aromatic carbocycles. The van der Waals surface area contributed by atoms with Crippen LogP contribution in [0, 0.1) is 0 Å². The van der Waals surface area contributed by atoms with Crippen molar-refractivity contribution in [1.82, 2.24) is 5.32 Å². The van der Waals surface area contributed by atoms with Gasteiger partial charge in [-0.25, -0.2) is 0 Å². The van der Waals surface area contributed by atoms with Gasteiger partial charge in [-0.2, -0.15) is 0 Å². The Morgan fingerprint density at radius 1 is 1.14 bits per heavy atom. The molecule has 4 nitrogen and oxygen atoms in total. The number of carbonyl (C=O) groups is 1. The van der Waals surface area contributed by atoms with Crippen molar-refractivity contribution in [1.29, 1.82) is 0 Å². The van der Waals surface area contributed by atoms with E-state index in [1.807, 2.05) is 31.2 Å². The quantitative estimate of drug-likeness (QED) is 0.827. The van der Waals surface area contributed by atoms with E-state index < -0.39 is 0 Å². The number of nitrogens with one attached hydrogen (secondary N) is 1. The summed E-state index contributed by atoms with van der Waals surface area (Å²) in [6.45, 7) is 4.53.